The lowest BCUT2D eigenvalue weighted by molar-refractivity contribution is 0.0954. The Morgan fingerprint density at radius 2 is 2.00 bits per heavy atom. The molecule has 0 bridgehead atoms. The second kappa shape index (κ2) is 8.53. The van der Waals surface area contributed by atoms with Gasteiger partial charge in [-0.1, -0.05) is 30.0 Å². The van der Waals surface area contributed by atoms with Crippen LogP contribution >= 0.6 is 11.5 Å². The molecule has 0 saturated heterocycles. The maximum Gasteiger partial charge on any atom is 0.265 e. The van der Waals surface area contributed by atoms with Gasteiger partial charge in [-0.15, -0.1) is 5.10 Å². The number of halogens is 1. The zero-order valence-electron chi connectivity index (χ0n) is 14.2. The van der Waals surface area contributed by atoms with E-state index < -0.39 is 0 Å². The van der Waals surface area contributed by atoms with Gasteiger partial charge < -0.3 is 10.1 Å². The van der Waals surface area contributed by atoms with Gasteiger partial charge in [-0.25, -0.2) is 4.39 Å². The van der Waals surface area contributed by atoms with Crippen molar-refractivity contribution in [3.63, 3.8) is 0 Å². The van der Waals surface area contributed by atoms with Crippen molar-refractivity contribution in [3.05, 3.63) is 70.5 Å². The van der Waals surface area contributed by atoms with Crippen molar-refractivity contribution in [2.75, 3.05) is 0 Å². The monoisotopic (exact) mass is 371 g/mol. The van der Waals surface area contributed by atoms with Gasteiger partial charge in [0, 0.05) is 6.54 Å². The molecule has 0 saturated carbocycles. The SMILES string of the molecule is CCCc1nnsc1C(=O)NCc1cccc(Oc2ccc(F)cc2)c1. The lowest BCUT2D eigenvalue weighted by Crippen LogP contribution is -2.23. The second-order valence-electron chi connectivity index (χ2n) is 5.68. The van der Waals surface area contributed by atoms with Crippen LogP contribution in [0.15, 0.2) is 48.5 Å². The van der Waals surface area contributed by atoms with E-state index in [4.69, 9.17) is 4.74 Å². The van der Waals surface area contributed by atoms with Crippen LogP contribution in [0, 0.1) is 5.82 Å². The molecule has 0 atom stereocenters. The summed E-state index contributed by atoms with van der Waals surface area (Å²) in [5.74, 6) is 0.684. The highest BCUT2D eigenvalue weighted by Crippen LogP contribution is 2.22. The van der Waals surface area contributed by atoms with Gasteiger partial charge in [-0.05, 0) is 59.9 Å². The van der Waals surface area contributed by atoms with E-state index in [1.165, 1.54) is 12.1 Å². The van der Waals surface area contributed by atoms with Crippen molar-refractivity contribution in [2.24, 2.45) is 0 Å². The molecular weight excluding hydrogens is 353 g/mol. The van der Waals surface area contributed by atoms with Crippen molar-refractivity contribution in [3.8, 4) is 11.5 Å². The summed E-state index contributed by atoms with van der Waals surface area (Å²) in [7, 11) is 0. The Labute approximate surface area is 155 Å². The van der Waals surface area contributed by atoms with Crippen molar-refractivity contribution in [2.45, 2.75) is 26.3 Å². The zero-order chi connectivity index (χ0) is 18.4. The number of amides is 1. The molecule has 3 rings (SSSR count). The number of nitrogens with one attached hydrogen (secondary N) is 1. The molecule has 2 aromatic carbocycles. The zero-order valence-corrected chi connectivity index (χ0v) is 15.1. The number of carbonyl (C=O) groups is 1. The minimum absolute atomic E-state index is 0.173. The van der Waals surface area contributed by atoms with Gasteiger partial charge in [0.2, 0.25) is 0 Å². The number of rotatable bonds is 7. The molecular formula is C19H18FN3O2S. The van der Waals surface area contributed by atoms with Crippen LogP contribution < -0.4 is 10.1 Å². The average molecular weight is 371 g/mol. The van der Waals surface area contributed by atoms with E-state index in [1.807, 2.05) is 25.1 Å². The van der Waals surface area contributed by atoms with Gasteiger partial charge in [0.1, 0.15) is 22.2 Å². The summed E-state index contributed by atoms with van der Waals surface area (Å²) in [5.41, 5.74) is 1.64. The van der Waals surface area contributed by atoms with E-state index in [9.17, 15) is 9.18 Å². The van der Waals surface area contributed by atoms with E-state index in [1.54, 1.807) is 18.2 Å². The third kappa shape index (κ3) is 4.64. The van der Waals surface area contributed by atoms with Gasteiger partial charge >= 0.3 is 0 Å². The quantitative estimate of drug-likeness (QED) is 0.670. The Hall–Kier alpha value is -2.80. The van der Waals surface area contributed by atoms with Gasteiger partial charge in [0.05, 0.1) is 5.69 Å². The first-order valence-electron chi connectivity index (χ1n) is 8.27. The fraction of sp³-hybridized carbons (Fsp3) is 0.211. The smallest absolute Gasteiger partial charge is 0.265 e. The van der Waals surface area contributed by atoms with Gasteiger partial charge in [-0.2, -0.15) is 0 Å². The molecule has 134 valence electrons. The highest BCUT2D eigenvalue weighted by atomic mass is 32.1. The van der Waals surface area contributed by atoms with Crippen molar-refractivity contribution < 1.29 is 13.9 Å². The third-order valence-electron chi connectivity index (χ3n) is 3.65. The fourth-order valence-electron chi connectivity index (χ4n) is 2.40. The first-order valence-corrected chi connectivity index (χ1v) is 9.05. The molecule has 0 aliphatic rings. The number of benzene rings is 2. The Kier molecular flexibility index (Phi) is 5.91. The van der Waals surface area contributed by atoms with E-state index in [0.717, 1.165) is 35.6 Å². The minimum atomic E-state index is -0.311. The number of carbonyl (C=O) groups excluding carboxylic acids is 1. The first kappa shape index (κ1) is 18.0. The molecule has 0 aliphatic carbocycles. The topological polar surface area (TPSA) is 64.1 Å². The van der Waals surface area contributed by atoms with Crippen LogP contribution in [0.25, 0.3) is 0 Å². The van der Waals surface area contributed by atoms with Crippen LogP contribution in [0.1, 0.15) is 34.3 Å². The van der Waals surface area contributed by atoms with Crippen LogP contribution in [0.4, 0.5) is 4.39 Å². The van der Waals surface area contributed by atoms with E-state index in [0.29, 0.717) is 22.9 Å². The summed E-state index contributed by atoms with van der Waals surface area (Å²) in [4.78, 5) is 12.9. The highest BCUT2D eigenvalue weighted by molar-refractivity contribution is 7.08. The molecule has 1 amide bonds. The van der Waals surface area contributed by atoms with Crippen LogP contribution in [-0.2, 0) is 13.0 Å². The molecule has 1 aromatic heterocycles. The Bertz CT molecular complexity index is 881. The minimum Gasteiger partial charge on any atom is -0.457 e. The largest absolute Gasteiger partial charge is 0.457 e. The van der Waals surface area contributed by atoms with E-state index in [-0.39, 0.29) is 11.7 Å². The van der Waals surface area contributed by atoms with E-state index >= 15 is 0 Å². The summed E-state index contributed by atoms with van der Waals surface area (Å²) in [6, 6.07) is 13.2. The summed E-state index contributed by atoms with van der Waals surface area (Å²) in [6.07, 6.45) is 1.65. The Balaban J connectivity index is 1.62. The molecule has 3 aromatic rings. The predicted molar refractivity (Wildman–Crippen MR) is 98.0 cm³/mol. The lowest BCUT2D eigenvalue weighted by atomic mass is 10.2. The maximum atomic E-state index is 13.0. The van der Waals surface area contributed by atoms with Crippen molar-refractivity contribution >= 4 is 17.4 Å². The molecule has 26 heavy (non-hydrogen) atoms. The molecule has 0 fully saturated rings. The molecule has 0 aliphatic heterocycles. The molecule has 7 heteroatoms. The van der Waals surface area contributed by atoms with Crippen LogP contribution in [0.5, 0.6) is 11.5 Å². The molecule has 1 heterocycles. The molecule has 0 unspecified atom stereocenters. The molecule has 1 N–H and O–H groups in total. The normalized spacial score (nSPS) is 10.5. The predicted octanol–water partition coefficient (Wildman–Crippen LogP) is 4.35. The van der Waals surface area contributed by atoms with E-state index in [2.05, 4.69) is 14.9 Å². The van der Waals surface area contributed by atoms with Crippen LogP contribution in [0.2, 0.25) is 0 Å². The Morgan fingerprint density at radius 3 is 2.77 bits per heavy atom. The molecule has 0 spiro atoms. The Morgan fingerprint density at radius 1 is 1.19 bits per heavy atom. The summed E-state index contributed by atoms with van der Waals surface area (Å²) >= 11 is 1.11. The van der Waals surface area contributed by atoms with Crippen LogP contribution in [-0.4, -0.2) is 15.5 Å². The number of hydrogen-bond donors (Lipinski definition) is 1. The summed E-state index contributed by atoms with van der Waals surface area (Å²) in [6.45, 7) is 2.40. The third-order valence-corrected chi connectivity index (χ3v) is 4.42. The maximum absolute atomic E-state index is 13.0. The second-order valence-corrected chi connectivity index (χ2v) is 6.44. The van der Waals surface area contributed by atoms with Crippen molar-refractivity contribution in [1.82, 2.24) is 14.9 Å². The van der Waals surface area contributed by atoms with Gasteiger partial charge in [0.15, 0.2) is 0 Å². The van der Waals surface area contributed by atoms with Crippen LogP contribution in [0.3, 0.4) is 0 Å². The lowest BCUT2D eigenvalue weighted by Gasteiger charge is -2.09. The average Bonchev–Trinajstić information content (AvgIpc) is 3.11. The number of ether oxygens (including phenoxy) is 1. The molecule has 5 nitrogen and oxygen atoms in total. The number of nitrogens with zero attached hydrogens (tertiary/aromatic N) is 2. The number of hydrogen-bond acceptors (Lipinski definition) is 5. The number of aryl methyl sites for hydroxylation is 1. The standard InChI is InChI=1S/C19H18FN3O2S/c1-2-4-17-18(26-23-22-17)19(24)21-12-13-5-3-6-16(11-13)25-15-9-7-14(20)8-10-15/h3,5-11H,2,4,12H2,1H3,(H,21,24). The van der Waals surface area contributed by atoms with Gasteiger partial charge in [0.25, 0.3) is 5.91 Å². The van der Waals surface area contributed by atoms with Crippen molar-refractivity contribution in [1.29, 1.82) is 0 Å². The first-order chi connectivity index (χ1) is 12.7. The van der Waals surface area contributed by atoms with Gasteiger partial charge in [-0.3, -0.25) is 4.79 Å². The number of aromatic nitrogens is 2. The fourth-order valence-corrected chi connectivity index (χ4v) is 3.03. The summed E-state index contributed by atoms with van der Waals surface area (Å²) < 4.78 is 22.5. The summed E-state index contributed by atoms with van der Waals surface area (Å²) in [5, 5.41) is 6.90. The molecule has 0 radical (unpaired) electrons. The highest BCUT2D eigenvalue weighted by Gasteiger charge is 2.15.